The number of fused-ring (bicyclic) bond motifs is 1. The molecule has 1 aliphatic heterocycles. The average molecular weight is 343 g/mol. The van der Waals surface area contributed by atoms with Crippen LogP contribution < -0.4 is 4.90 Å². The van der Waals surface area contributed by atoms with Crippen LogP contribution in [0.25, 0.3) is 0 Å². The Kier molecular flexibility index (Phi) is 3.39. The molecule has 0 spiro atoms. The van der Waals surface area contributed by atoms with E-state index in [0.29, 0.717) is 10.7 Å². The number of carbonyl (C=O) groups excluding carboxylic acids is 2. The lowest BCUT2D eigenvalue weighted by Crippen LogP contribution is -2.31. The number of hydrogen-bond acceptors (Lipinski definition) is 2. The summed E-state index contributed by atoms with van der Waals surface area (Å²) in [6, 6.07) is 5.22. The van der Waals surface area contributed by atoms with E-state index in [-0.39, 0.29) is 23.7 Å². The fourth-order valence-corrected chi connectivity index (χ4v) is 3.82. The number of carbonyl (C=O) groups is 2. The summed E-state index contributed by atoms with van der Waals surface area (Å²) in [5, 5.41) is 0.426. The third-order valence-electron chi connectivity index (χ3n) is 3.99. The van der Waals surface area contributed by atoms with Crippen molar-refractivity contribution in [1.29, 1.82) is 0 Å². The van der Waals surface area contributed by atoms with Gasteiger partial charge in [0.05, 0.1) is 22.5 Å². The Morgan fingerprint density at radius 3 is 2.21 bits per heavy atom. The molecular weight excluding hydrogens is 330 g/mol. The van der Waals surface area contributed by atoms with Gasteiger partial charge in [-0.2, -0.15) is 0 Å². The van der Waals surface area contributed by atoms with Crippen LogP contribution in [-0.4, -0.2) is 11.8 Å². The third kappa shape index (κ3) is 2.11. The Bertz CT molecular complexity index is 536. The van der Waals surface area contributed by atoms with Crippen LogP contribution in [0, 0.1) is 11.8 Å². The molecule has 2 fully saturated rings. The fraction of sp³-hybridized carbons (Fsp3) is 0.429. The number of benzene rings is 1. The molecule has 0 bridgehead atoms. The molecule has 2 amide bonds. The molecule has 0 aromatic heterocycles. The van der Waals surface area contributed by atoms with Crippen molar-refractivity contribution < 1.29 is 9.59 Å². The van der Waals surface area contributed by atoms with Crippen LogP contribution >= 0.6 is 27.5 Å². The van der Waals surface area contributed by atoms with E-state index in [4.69, 9.17) is 11.6 Å². The zero-order valence-corrected chi connectivity index (χ0v) is 12.6. The number of halogens is 2. The molecule has 100 valence electrons. The van der Waals surface area contributed by atoms with Crippen LogP contribution in [0.15, 0.2) is 22.7 Å². The minimum absolute atomic E-state index is 0.0843. The Morgan fingerprint density at radius 2 is 1.68 bits per heavy atom. The Morgan fingerprint density at radius 1 is 1.11 bits per heavy atom. The largest absolute Gasteiger partial charge is 0.274 e. The van der Waals surface area contributed by atoms with Crippen LogP contribution in [0.5, 0.6) is 0 Å². The first-order valence-electron chi connectivity index (χ1n) is 6.42. The molecule has 2 aliphatic rings. The van der Waals surface area contributed by atoms with Gasteiger partial charge in [0, 0.05) is 4.47 Å². The first-order chi connectivity index (χ1) is 9.09. The second-order valence-corrected chi connectivity index (χ2v) is 6.43. The van der Waals surface area contributed by atoms with Crippen LogP contribution in [-0.2, 0) is 9.59 Å². The molecule has 1 heterocycles. The van der Waals surface area contributed by atoms with Gasteiger partial charge in [0.25, 0.3) is 0 Å². The maximum atomic E-state index is 12.4. The standard InChI is InChI=1S/C14H13BrClNO2/c15-8-5-6-12(11(16)7-8)17-13(18)9-3-1-2-4-10(9)14(17)19/h5-7,9-10H,1-4H2/t9-,10+. The van der Waals surface area contributed by atoms with Crippen molar-refractivity contribution in [2.45, 2.75) is 25.7 Å². The second kappa shape index (κ2) is 4.91. The fourth-order valence-electron chi connectivity index (χ4n) is 3.06. The lowest BCUT2D eigenvalue weighted by Gasteiger charge is -2.19. The number of amides is 2. The zero-order valence-electron chi connectivity index (χ0n) is 10.2. The molecule has 1 aromatic carbocycles. The van der Waals surface area contributed by atoms with Crippen LogP contribution in [0.3, 0.4) is 0 Å². The number of nitrogens with zero attached hydrogens (tertiary/aromatic N) is 1. The Balaban J connectivity index is 2.00. The van der Waals surface area contributed by atoms with E-state index in [2.05, 4.69) is 15.9 Å². The van der Waals surface area contributed by atoms with Crippen LogP contribution in [0.1, 0.15) is 25.7 Å². The van der Waals surface area contributed by atoms with E-state index in [1.165, 1.54) is 4.90 Å². The summed E-state index contributed by atoms with van der Waals surface area (Å²) in [7, 11) is 0. The van der Waals surface area contributed by atoms with E-state index < -0.39 is 0 Å². The molecule has 1 aromatic rings. The molecule has 0 unspecified atom stereocenters. The maximum Gasteiger partial charge on any atom is 0.237 e. The van der Waals surface area contributed by atoms with Gasteiger partial charge in [-0.1, -0.05) is 40.4 Å². The number of hydrogen-bond donors (Lipinski definition) is 0. The SMILES string of the molecule is O=C1[C@H]2CCCC[C@H]2C(=O)N1c1ccc(Br)cc1Cl. The normalized spacial score (nSPS) is 26.7. The molecule has 3 nitrogen and oxygen atoms in total. The number of imide groups is 1. The summed E-state index contributed by atoms with van der Waals surface area (Å²) < 4.78 is 0.831. The third-order valence-corrected chi connectivity index (χ3v) is 4.79. The maximum absolute atomic E-state index is 12.4. The van der Waals surface area contributed by atoms with Gasteiger partial charge in [-0.15, -0.1) is 0 Å². The first-order valence-corrected chi connectivity index (χ1v) is 7.59. The highest BCUT2D eigenvalue weighted by Gasteiger charge is 2.49. The predicted octanol–water partition coefficient (Wildman–Crippen LogP) is 3.78. The highest BCUT2D eigenvalue weighted by Crippen LogP contribution is 2.42. The molecule has 0 N–H and O–H groups in total. The smallest absolute Gasteiger partial charge is 0.237 e. The zero-order chi connectivity index (χ0) is 13.6. The van der Waals surface area contributed by atoms with Gasteiger partial charge in [0.15, 0.2) is 0 Å². The lowest BCUT2D eigenvalue weighted by molar-refractivity contribution is -0.122. The Labute approximate surface area is 125 Å². The van der Waals surface area contributed by atoms with Gasteiger partial charge in [-0.25, -0.2) is 4.90 Å². The molecular formula is C14H13BrClNO2. The van der Waals surface area contributed by atoms with Crippen LogP contribution in [0.4, 0.5) is 5.69 Å². The summed E-state index contributed by atoms with van der Waals surface area (Å²) in [5.74, 6) is -0.445. The van der Waals surface area contributed by atoms with Gasteiger partial charge in [-0.3, -0.25) is 9.59 Å². The highest BCUT2D eigenvalue weighted by molar-refractivity contribution is 9.10. The Hall–Kier alpha value is -0.870. The van der Waals surface area contributed by atoms with Crippen LogP contribution in [0.2, 0.25) is 5.02 Å². The van der Waals surface area contributed by atoms with Crippen molar-refractivity contribution >= 4 is 45.0 Å². The van der Waals surface area contributed by atoms with E-state index in [1.54, 1.807) is 18.2 Å². The van der Waals surface area contributed by atoms with E-state index in [1.807, 2.05) is 0 Å². The van der Waals surface area contributed by atoms with E-state index >= 15 is 0 Å². The molecule has 0 radical (unpaired) electrons. The lowest BCUT2D eigenvalue weighted by atomic mass is 9.81. The van der Waals surface area contributed by atoms with E-state index in [9.17, 15) is 9.59 Å². The predicted molar refractivity (Wildman–Crippen MR) is 77.1 cm³/mol. The molecule has 1 aliphatic carbocycles. The van der Waals surface area contributed by atoms with E-state index in [0.717, 1.165) is 30.2 Å². The molecule has 1 saturated heterocycles. The summed E-state index contributed by atoms with van der Waals surface area (Å²) in [6.07, 6.45) is 3.70. The summed E-state index contributed by atoms with van der Waals surface area (Å²) in [6.45, 7) is 0. The van der Waals surface area contributed by atoms with Gasteiger partial charge in [-0.05, 0) is 31.0 Å². The van der Waals surface area contributed by atoms with Gasteiger partial charge < -0.3 is 0 Å². The minimum atomic E-state index is -0.138. The molecule has 2 atom stereocenters. The topological polar surface area (TPSA) is 37.4 Å². The molecule has 1 saturated carbocycles. The summed E-state index contributed by atoms with van der Waals surface area (Å²) in [5.41, 5.74) is 0.509. The van der Waals surface area contributed by atoms with Crippen molar-refractivity contribution in [1.82, 2.24) is 0 Å². The molecule has 5 heteroatoms. The van der Waals surface area contributed by atoms with Gasteiger partial charge >= 0.3 is 0 Å². The highest BCUT2D eigenvalue weighted by atomic mass is 79.9. The molecule has 3 rings (SSSR count). The monoisotopic (exact) mass is 341 g/mol. The van der Waals surface area contributed by atoms with Crippen molar-refractivity contribution in [3.8, 4) is 0 Å². The van der Waals surface area contributed by atoms with Gasteiger partial charge in [0.1, 0.15) is 0 Å². The summed E-state index contributed by atoms with van der Waals surface area (Å²) >= 11 is 9.48. The number of rotatable bonds is 1. The van der Waals surface area contributed by atoms with Crippen molar-refractivity contribution in [2.75, 3.05) is 4.90 Å². The average Bonchev–Trinajstić information content (AvgIpc) is 2.64. The molecule has 19 heavy (non-hydrogen) atoms. The van der Waals surface area contributed by atoms with Crippen molar-refractivity contribution in [3.63, 3.8) is 0 Å². The van der Waals surface area contributed by atoms with Crippen molar-refractivity contribution in [2.24, 2.45) is 11.8 Å². The first kappa shape index (κ1) is 13.1. The summed E-state index contributed by atoms with van der Waals surface area (Å²) in [4.78, 5) is 26.1. The second-order valence-electron chi connectivity index (χ2n) is 5.11. The van der Waals surface area contributed by atoms with Gasteiger partial charge in [0.2, 0.25) is 11.8 Å². The van der Waals surface area contributed by atoms with Crippen molar-refractivity contribution in [3.05, 3.63) is 27.7 Å². The quantitative estimate of drug-likeness (QED) is 0.728. The number of anilines is 1. The minimum Gasteiger partial charge on any atom is -0.274 e.